The maximum Gasteiger partial charge on any atom is 0.378 e. The zero-order valence-electron chi connectivity index (χ0n) is 15.6. The van der Waals surface area contributed by atoms with Crippen molar-refractivity contribution in [1.82, 2.24) is 9.97 Å². The molecule has 0 radical (unpaired) electrons. The minimum absolute atomic E-state index is 0.0339. The Bertz CT molecular complexity index is 1290. The van der Waals surface area contributed by atoms with Crippen LogP contribution >= 0.6 is 0 Å². The van der Waals surface area contributed by atoms with Crippen LogP contribution in [0.15, 0.2) is 70.4 Å². The SMILES string of the molecule is Cc1cccc(N(C(=O)Nc2ccccc2)N(c2c[nH]c(=O)[nH]c2=O)S(=O)(=O)O)c1. The van der Waals surface area contributed by atoms with Crippen molar-refractivity contribution in [3.63, 3.8) is 0 Å². The van der Waals surface area contributed by atoms with Crippen LogP contribution in [-0.4, -0.2) is 29.0 Å². The number of amides is 2. The number of nitrogens with zero attached hydrogens (tertiary/aromatic N) is 2. The minimum atomic E-state index is -5.19. The summed E-state index contributed by atoms with van der Waals surface area (Å²) in [7, 11) is -5.19. The van der Waals surface area contributed by atoms with Gasteiger partial charge >= 0.3 is 22.0 Å². The average molecular weight is 431 g/mol. The zero-order chi connectivity index (χ0) is 21.9. The van der Waals surface area contributed by atoms with E-state index < -0.39 is 33.3 Å². The summed E-state index contributed by atoms with van der Waals surface area (Å²) in [6.45, 7) is 1.71. The van der Waals surface area contributed by atoms with E-state index in [0.29, 0.717) is 16.3 Å². The Morgan fingerprint density at radius 3 is 2.37 bits per heavy atom. The number of nitrogens with one attached hydrogen (secondary N) is 3. The van der Waals surface area contributed by atoms with Crippen LogP contribution in [0.2, 0.25) is 0 Å². The Labute approximate surface area is 170 Å². The van der Waals surface area contributed by atoms with E-state index in [0.717, 1.165) is 6.20 Å². The fourth-order valence-corrected chi connectivity index (χ4v) is 3.40. The Kier molecular flexibility index (Phi) is 5.71. The highest BCUT2D eigenvalue weighted by Gasteiger charge is 2.35. The Morgan fingerprint density at radius 1 is 1.07 bits per heavy atom. The van der Waals surface area contributed by atoms with Crippen LogP contribution in [0, 0.1) is 6.92 Å². The molecule has 2 amide bonds. The summed E-state index contributed by atoms with van der Waals surface area (Å²) in [6.07, 6.45) is 0.771. The van der Waals surface area contributed by atoms with Crippen LogP contribution in [-0.2, 0) is 10.3 Å². The van der Waals surface area contributed by atoms with Crippen LogP contribution in [0.5, 0.6) is 0 Å². The standard InChI is InChI=1S/C18H17N5O6S/c1-12-6-5-9-14(10-12)22(18(26)20-13-7-3-2-4-8-13)23(30(27,28)29)15-11-19-17(25)21-16(15)24/h2-11H,1H3,(H,20,26)(H,27,28,29)(H2,19,21,24,25). The zero-order valence-corrected chi connectivity index (χ0v) is 16.4. The summed E-state index contributed by atoms with van der Waals surface area (Å²) in [6, 6.07) is 13.3. The molecule has 2 aromatic carbocycles. The molecule has 0 saturated heterocycles. The third kappa shape index (κ3) is 4.56. The quantitative estimate of drug-likeness (QED) is 0.355. The Morgan fingerprint density at radius 2 is 1.77 bits per heavy atom. The van der Waals surface area contributed by atoms with Crippen LogP contribution in [0.3, 0.4) is 0 Å². The van der Waals surface area contributed by atoms with Crippen LogP contribution in [0.4, 0.5) is 21.9 Å². The lowest BCUT2D eigenvalue weighted by Gasteiger charge is -2.32. The van der Waals surface area contributed by atoms with Gasteiger partial charge in [0.2, 0.25) is 0 Å². The molecule has 1 aromatic heterocycles. The van der Waals surface area contributed by atoms with E-state index in [2.05, 4.69) is 10.3 Å². The third-order valence-corrected chi connectivity index (χ3v) is 4.67. The predicted octanol–water partition coefficient (Wildman–Crippen LogP) is 1.63. The normalized spacial score (nSPS) is 11.0. The van der Waals surface area contributed by atoms with Gasteiger partial charge < -0.3 is 10.3 Å². The first-order valence-corrected chi connectivity index (χ1v) is 9.89. The molecular formula is C18H17N5O6S. The smallest absolute Gasteiger partial charge is 0.312 e. The topological polar surface area (TPSA) is 156 Å². The van der Waals surface area contributed by atoms with Crippen LogP contribution in [0.1, 0.15) is 5.56 Å². The van der Waals surface area contributed by atoms with Crippen molar-refractivity contribution in [2.24, 2.45) is 0 Å². The first-order valence-electron chi connectivity index (χ1n) is 8.49. The van der Waals surface area contributed by atoms with Crippen LogP contribution in [0.25, 0.3) is 0 Å². The van der Waals surface area contributed by atoms with E-state index in [1.165, 1.54) is 12.1 Å². The van der Waals surface area contributed by atoms with Gasteiger partial charge in [-0.2, -0.15) is 13.4 Å². The number of hydrogen-bond acceptors (Lipinski definition) is 5. The van der Waals surface area contributed by atoms with E-state index in [-0.39, 0.29) is 10.1 Å². The lowest BCUT2D eigenvalue weighted by Crippen LogP contribution is -2.54. The summed E-state index contributed by atoms with van der Waals surface area (Å²) in [5.74, 6) is 0. The molecule has 3 rings (SSSR count). The summed E-state index contributed by atoms with van der Waals surface area (Å²) < 4.78 is 34.4. The van der Waals surface area contributed by atoms with Crippen molar-refractivity contribution >= 4 is 33.4 Å². The van der Waals surface area contributed by atoms with Crippen molar-refractivity contribution in [3.05, 3.63) is 87.2 Å². The number of aromatic amines is 2. The lowest BCUT2D eigenvalue weighted by atomic mass is 10.2. The number of anilines is 3. The van der Waals surface area contributed by atoms with Gasteiger partial charge in [0.15, 0.2) is 5.69 Å². The summed E-state index contributed by atoms with van der Waals surface area (Å²) in [5.41, 5.74) is -1.69. The number of carbonyl (C=O) groups excluding carboxylic acids is 1. The summed E-state index contributed by atoms with van der Waals surface area (Å²) >= 11 is 0. The monoisotopic (exact) mass is 431 g/mol. The number of para-hydroxylation sites is 1. The third-order valence-electron chi connectivity index (χ3n) is 3.87. The molecule has 0 fully saturated rings. The van der Waals surface area contributed by atoms with E-state index in [9.17, 15) is 27.4 Å². The van der Waals surface area contributed by atoms with Gasteiger partial charge in [-0.05, 0) is 36.8 Å². The molecule has 0 bridgehead atoms. The summed E-state index contributed by atoms with van der Waals surface area (Å²) in [4.78, 5) is 40.6. The average Bonchev–Trinajstić information content (AvgIpc) is 2.66. The molecule has 0 aliphatic carbocycles. The molecular weight excluding hydrogens is 414 g/mol. The number of aromatic nitrogens is 2. The maximum atomic E-state index is 13.1. The van der Waals surface area contributed by atoms with Gasteiger partial charge in [-0.15, -0.1) is 4.41 Å². The molecule has 0 saturated carbocycles. The molecule has 1 heterocycles. The number of aryl methyl sites for hydroxylation is 1. The van der Waals surface area contributed by atoms with Crippen molar-refractivity contribution in [2.75, 3.05) is 14.7 Å². The first kappa shape index (κ1) is 20.8. The molecule has 30 heavy (non-hydrogen) atoms. The fraction of sp³-hybridized carbons (Fsp3) is 0.0556. The first-order chi connectivity index (χ1) is 14.2. The van der Waals surface area contributed by atoms with Gasteiger partial charge in [-0.1, -0.05) is 30.3 Å². The fourth-order valence-electron chi connectivity index (χ4n) is 2.64. The number of carbonyl (C=O) groups is 1. The number of rotatable bonds is 5. The maximum absolute atomic E-state index is 13.1. The Hall–Kier alpha value is -3.90. The van der Waals surface area contributed by atoms with E-state index >= 15 is 0 Å². The minimum Gasteiger partial charge on any atom is -0.312 e. The van der Waals surface area contributed by atoms with Gasteiger partial charge in [0, 0.05) is 11.9 Å². The lowest BCUT2D eigenvalue weighted by molar-refractivity contribution is 0.257. The van der Waals surface area contributed by atoms with Gasteiger partial charge in [-0.25, -0.2) is 9.59 Å². The van der Waals surface area contributed by atoms with E-state index in [4.69, 9.17) is 0 Å². The highest BCUT2D eigenvalue weighted by atomic mass is 32.2. The summed E-state index contributed by atoms with van der Waals surface area (Å²) in [5, 5.41) is 3.07. The Balaban J connectivity index is 2.20. The van der Waals surface area contributed by atoms with Gasteiger partial charge in [0.05, 0.1) is 5.69 Å². The highest BCUT2D eigenvalue weighted by Crippen LogP contribution is 2.24. The molecule has 0 unspecified atom stereocenters. The van der Waals surface area contributed by atoms with Crippen LogP contribution < -0.4 is 26.0 Å². The van der Waals surface area contributed by atoms with Gasteiger partial charge in [0.1, 0.15) is 0 Å². The largest absolute Gasteiger partial charge is 0.378 e. The van der Waals surface area contributed by atoms with Gasteiger partial charge in [0.25, 0.3) is 5.56 Å². The number of benzene rings is 2. The second-order valence-corrected chi connectivity index (χ2v) is 7.37. The molecule has 156 valence electrons. The highest BCUT2D eigenvalue weighted by molar-refractivity contribution is 7.87. The molecule has 0 aliphatic rings. The van der Waals surface area contributed by atoms with Crippen molar-refractivity contribution < 1.29 is 17.8 Å². The number of H-pyrrole nitrogens is 2. The molecule has 0 spiro atoms. The number of hydrazine groups is 1. The van der Waals surface area contributed by atoms with Gasteiger partial charge in [-0.3, -0.25) is 14.3 Å². The number of urea groups is 1. The number of hydrogen-bond donors (Lipinski definition) is 4. The molecule has 12 heteroatoms. The van der Waals surface area contributed by atoms with Crippen molar-refractivity contribution in [1.29, 1.82) is 0 Å². The molecule has 0 atom stereocenters. The van der Waals surface area contributed by atoms with E-state index in [1.54, 1.807) is 49.4 Å². The predicted molar refractivity (Wildman–Crippen MR) is 111 cm³/mol. The molecule has 4 N–H and O–H groups in total. The molecule has 3 aromatic rings. The molecule has 11 nitrogen and oxygen atoms in total. The second-order valence-electron chi connectivity index (χ2n) is 6.12. The van der Waals surface area contributed by atoms with Crippen molar-refractivity contribution in [2.45, 2.75) is 6.92 Å². The van der Waals surface area contributed by atoms with Crippen molar-refractivity contribution in [3.8, 4) is 0 Å². The second kappa shape index (κ2) is 8.23. The molecule has 0 aliphatic heterocycles. The van der Waals surface area contributed by atoms with E-state index in [1.807, 2.05) is 4.98 Å².